The molecule has 0 spiro atoms. The van der Waals surface area contributed by atoms with Crippen LogP contribution in [0.2, 0.25) is 0 Å². The van der Waals surface area contributed by atoms with E-state index in [1.165, 1.54) is 6.07 Å². The van der Waals surface area contributed by atoms with Gasteiger partial charge in [0.2, 0.25) is 0 Å². The van der Waals surface area contributed by atoms with E-state index in [0.29, 0.717) is 11.3 Å². The van der Waals surface area contributed by atoms with E-state index in [9.17, 15) is 9.90 Å². The van der Waals surface area contributed by atoms with E-state index in [0.717, 1.165) is 0 Å². The summed E-state index contributed by atoms with van der Waals surface area (Å²) in [5.74, 6) is -1.23. The molecule has 2 aromatic heterocycles. The van der Waals surface area contributed by atoms with Crippen LogP contribution in [0.5, 0.6) is 0 Å². The normalized spacial score (nSPS) is 9.25. The quantitative estimate of drug-likeness (QED) is 0.510. The van der Waals surface area contributed by atoms with Crippen molar-refractivity contribution < 1.29 is 28.8 Å². The molecule has 5 heteroatoms. The zero-order valence-corrected chi connectivity index (χ0v) is 8.75. The Morgan fingerprint density at radius 2 is 1.81 bits per heavy atom. The van der Waals surface area contributed by atoms with Crippen LogP contribution >= 0.6 is 0 Å². The van der Waals surface area contributed by atoms with Crippen LogP contribution in [0.1, 0.15) is 10.4 Å². The summed E-state index contributed by atoms with van der Waals surface area (Å²) in [4.78, 5) is 18.7. The SMILES string of the molecule is O=C([O-])c1cccnc1-c1ccncc1.[Li+]. The third-order valence-corrected chi connectivity index (χ3v) is 1.98. The summed E-state index contributed by atoms with van der Waals surface area (Å²) in [5.41, 5.74) is 1.20. The summed E-state index contributed by atoms with van der Waals surface area (Å²) >= 11 is 0. The molecule has 0 saturated heterocycles. The molecule has 0 radical (unpaired) electrons. The molecule has 0 atom stereocenters. The number of hydrogen-bond acceptors (Lipinski definition) is 4. The molecule has 74 valence electrons. The number of carboxylic acids is 1. The minimum absolute atomic E-state index is 0. The first-order valence-electron chi connectivity index (χ1n) is 4.36. The zero-order valence-electron chi connectivity index (χ0n) is 8.75. The van der Waals surface area contributed by atoms with E-state index in [-0.39, 0.29) is 24.4 Å². The summed E-state index contributed by atoms with van der Waals surface area (Å²) in [6.07, 6.45) is 4.72. The molecule has 0 aliphatic carbocycles. The van der Waals surface area contributed by atoms with Crippen LogP contribution in [0.25, 0.3) is 11.3 Å². The van der Waals surface area contributed by atoms with Crippen molar-refractivity contribution in [1.82, 2.24) is 9.97 Å². The molecular formula is C11H7LiN2O2. The van der Waals surface area contributed by atoms with Gasteiger partial charge in [-0.2, -0.15) is 0 Å². The average molecular weight is 206 g/mol. The Kier molecular flexibility index (Phi) is 4.24. The molecule has 0 bridgehead atoms. The predicted molar refractivity (Wildman–Crippen MR) is 51.8 cm³/mol. The van der Waals surface area contributed by atoms with Crippen molar-refractivity contribution in [2.75, 3.05) is 0 Å². The average Bonchev–Trinajstić information content (AvgIpc) is 2.30. The first kappa shape index (κ1) is 12.4. The van der Waals surface area contributed by atoms with Crippen LogP contribution in [0.15, 0.2) is 42.9 Å². The van der Waals surface area contributed by atoms with Crippen molar-refractivity contribution in [1.29, 1.82) is 0 Å². The van der Waals surface area contributed by atoms with E-state index < -0.39 is 5.97 Å². The number of hydrogen-bond donors (Lipinski definition) is 0. The van der Waals surface area contributed by atoms with Crippen LogP contribution in [0.4, 0.5) is 0 Å². The van der Waals surface area contributed by atoms with Crippen LogP contribution in [0, 0.1) is 0 Å². The van der Waals surface area contributed by atoms with E-state index in [4.69, 9.17) is 0 Å². The van der Waals surface area contributed by atoms with Gasteiger partial charge in [-0.3, -0.25) is 9.97 Å². The van der Waals surface area contributed by atoms with Gasteiger partial charge in [0.15, 0.2) is 0 Å². The van der Waals surface area contributed by atoms with Gasteiger partial charge in [-0.05, 0) is 24.3 Å². The van der Waals surface area contributed by atoms with Gasteiger partial charge in [-0.1, -0.05) is 0 Å². The number of aromatic nitrogens is 2. The smallest absolute Gasteiger partial charge is 0.545 e. The molecule has 0 N–H and O–H groups in total. The fraction of sp³-hybridized carbons (Fsp3) is 0. The Morgan fingerprint density at radius 3 is 2.44 bits per heavy atom. The fourth-order valence-corrected chi connectivity index (χ4v) is 1.31. The topological polar surface area (TPSA) is 65.9 Å². The fourth-order valence-electron chi connectivity index (χ4n) is 1.31. The van der Waals surface area contributed by atoms with E-state index in [1.807, 2.05) is 0 Å². The predicted octanol–water partition coefficient (Wildman–Crippen LogP) is -2.49. The molecule has 0 aliphatic heterocycles. The van der Waals surface area contributed by atoms with Crippen LogP contribution < -0.4 is 24.0 Å². The molecule has 16 heavy (non-hydrogen) atoms. The second-order valence-electron chi connectivity index (χ2n) is 2.92. The molecule has 2 heterocycles. The number of carbonyl (C=O) groups excluding carboxylic acids is 1. The van der Waals surface area contributed by atoms with Crippen LogP contribution in [0.3, 0.4) is 0 Å². The van der Waals surface area contributed by atoms with Crippen molar-refractivity contribution in [3.63, 3.8) is 0 Å². The van der Waals surface area contributed by atoms with Gasteiger partial charge in [0.1, 0.15) is 0 Å². The van der Waals surface area contributed by atoms with Gasteiger partial charge < -0.3 is 9.90 Å². The number of carbonyl (C=O) groups is 1. The minimum atomic E-state index is -1.23. The maximum atomic E-state index is 10.8. The Labute approximate surface area is 105 Å². The van der Waals surface area contributed by atoms with Crippen molar-refractivity contribution >= 4 is 5.97 Å². The number of pyridine rings is 2. The first-order chi connectivity index (χ1) is 7.29. The van der Waals surface area contributed by atoms with Crippen molar-refractivity contribution in [3.05, 3.63) is 48.4 Å². The zero-order chi connectivity index (χ0) is 10.7. The molecule has 4 nitrogen and oxygen atoms in total. The van der Waals surface area contributed by atoms with E-state index in [1.54, 1.807) is 36.8 Å². The summed E-state index contributed by atoms with van der Waals surface area (Å²) in [6, 6.07) is 6.44. The molecule has 0 aliphatic rings. The molecule has 0 saturated carbocycles. The summed E-state index contributed by atoms with van der Waals surface area (Å²) in [5, 5.41) is 10.8. The summed E-state index contributed by atoms with van der Waals surface area (Å²) in [7, 11) is 0. The van der Waals surface area contributed by atoms with Gasteiger partial charge in [-0.15, -0.1) is 0 Å². The maximum Gasteiger partial charge on any atom is 1.00 e. The van der Waals surface area contributed by atoms with Crippen molar-refractivity contribution in [2.24, 2.45) is 0 Å². The van der Waals surface area contributed by atoms with Gasteiger partial charge in [0, 0.05) is 29.7 Å². The summed E-state index contributed by atoms with van der Waals surface area (Å²) in [6.45, 7) is 0. The van der Waals surface area contributed by atoms with E-state index in [2.05, 4.69) is 9.97 Å². The van der Waals surface area contributed by atoms with E-state index >= 15 is 0 Å². The molecule has 0 amide bonds. The molecule has 0 fully saturated rings. The Morgan fingerprint density at radius 1 is 1.12 bits per heavy atom. The minimum Gasteiger partial charge on any atom is -0.545 e. The Bertz CT molecular complexity index is 488. The van der Waals surface area contributed by atoms with Gasteiger partial charge in [0.25, 0.3) is 0 Å². The van der Waals surface area contributed by atoms with Crippen LogP contribution in [-0.2, 0) is 0 Å². The molecule has 2 rings (SSSR count). The first-order valence-corrected chi connectivity index (χ1v) is 4.36. The molecule has 0 aromatic carbocycles. The van der Waals surface area contributed by atoms with Gasteiger partial charge >= 0.3 is 18.9 Å². The monoisotopic (exact) mass is 206 g/mol. The molecule has 0 unspecified atom stereocenters. The van der Waals surface area contributed by atoms with Crippen molar-refractivity contribution in [2.45, 2.75) is 0 Å². The Balaban J connectivity index is 0.00000128. The van der Waals surface area contributed by atoms with Gasteiger partial charge in [0.05, 0.1) is 11.7 Å². The standard InChI is InChI=1S/C11H8N2O2.Li/c14-11(15)9-2-1-5-13-10(9)8-3-6-12-7-4-8;/h1-7H,(H,14,15);/q;+1/p-1. The van der Waals surface area contributed by atoms with Gasteiger partial charge in [-0.25, -0.2) is 0 Å². The number of aromatic carboxylic acids is 1. The maximum absolute atomic E-state index is 10.8. The Hall–Kier alpha value is -1.63. The molecule has 2 aromatic rings. The largest absolute Gasteiger partial charge is 1.00 e. The summed E-state index contributed by atoms with van der Waals surface area (Å²) < 4.78 is 0. The second-order valence-corrected chi connectivity index (χ2v) is 2.92. The molecular weight excluding hydrogens is 199 g/mol. The number of carboxylic acid groups (broad SMARTS) is 1. The third-order valence-electron chi connectivity index (χ3n) is 1.98. The third kappa shape index (κ3) is 2.48. The number of rotatable bonds is 2. The van der Waals surface area contributed by atoms with Crippen molar-refractivity contribution in [3.8, 4) is 11.3 Å². The van der Waals surface area contributed by atoms with Crippen LogP contribution in [-0.4, -0.2) is 15.9 Å². The second kappa shape index (κ2) is 5.45. The number of nitrogens with zero attached hydrogens (tertiary/aromatic N) is 2.